The fourth-order valence-electron chi connectivity index (χ4n) is 2.84. The lowest BCUT2D eigenvalue weighted by atomic mass is 10.1. The van der Waals surface area contributed by atoms with E-state index in [0.29, 0.717) is 23.7 Å². The van der Waals surface area contributed by atoms with E-state index in [4.69, 9.17) is 14.2 Å². The number of carbonyl (C=O) groups is 1. The normalized spacial score (nSPS) is 12.0. The first-order chi connectivity index (χ1) is 12.7. The molecule has 0 aromatic heterocycles. The van der Waals surface area contributed by atoms with E-state index in [9.17, 15) is 4.79 Å². The fraction of sp³-hybridized carbons (Fsp3) is 0.150. The van der Waals surface area contributed by atoms with Crippen molar-refractivity contribution in [2.45, 2.75) is 6.54 Å². The van der Waals surface area contributed by atoms with Gasteiger partial charge in [-0.2, -0.15) is 0 Å². The second-order valence-corrected chi connectivity index (χ2v) is 5.92. The van der Waals surface area contributed by atoms with Gasteiger partial charge in [-0.15, -0.1) is 0 Å². The van der Waals surface area contributed by atoms with Crippen molar-refractivity contribution in [2.24, 2.45) is 0 Å². The minimum Gasteiger partial charge on any atom is -0.497 e. The molecule has 0 spiro atoms. The molecule has 0 radical (unpaired) electrons. The molecule has 0 unspecified atom stereocenters. The average Bonchev–Trinajstić information content (AvgIpc) is 3.13. The Bertz CT molecular complexity index is 971. The summed E-state index contributed by atoms with van der Waals surface area (Å²) >= 11 is 0. The Morgan fingerprint density at radius 3 is 2.69 bits per heavy atom. The number of rotatable bonds is 4. The molecule has 3 aromatic rings. The van der Waals surface area contributed by atoms with Crippen LogP contribution < -0.4 is 24.8 Å². The predicted molar refractivity (Wildman–Crippen MR) is 98.9 cm³/mol. The number of hydrogen-bond acceptors (Lipinski definition) is 4. The van der Waals surface area contributed by atoms with Crippen LogP contribution in [0, 0.1) is 0 Å². The Kier molecular flexibility index (Phi) is 4.23. The summed E-state index contributed by atoms with van der Waals surface area (Å²) in [6, 6.07) is 17.0. The van der Waals surface area contributed by atoms with E-state index >= 15 is 0 Å². The van der Waals surface area contributed by atoms with Gasteiger partial charge in [0.05, 0.1) is 7.11 Å². The summed E-state index contributed by atoms with van der Waals surface area (Å²) in [7, 11) is 1.65. The van der Waals surface area contributed by atoms with Crippen LogP contribution in [0.4, 0.5) is 10.5 Å². The lowest BCUT2D eigenvalue weighted by Crippen LogP contribution is -2.28. The lowest BCUT2D eigenvalue weighted by Gasteiger charge is -2.09. The topological polar surface area (TPSA) is 68.8 Å². The summed E-state index contributed by atoms with van der Waals surface area (Å²) in [5.41, 5.74) is 1.67. The molecular weight excluding hydrogens is 332 g/mol. The van der Waals surface area contributed by atoms with E-state index in [-0.39, 0.29) is 12.8 Å². The Labute approximate surface area is 150 Å². The molecule has 0 saturated heterocycles. The van der Waals surface area contributed by atoms with Gasteiger partial charge in [-0.3, -0.25) is 0 Å². The highest BCUT2D eigenvalue weighted by atomic mass is 16.7. The maximum Gasteiger partial charge on any atom is 0.319 e. The number of anilines is 1. The van der Waals surface area contributed by atoms with Gasteiger partial charge in [-0.1, -0.05) is 18.2 Å². The van der Waals surface area contributed by atoms with Crippen LogP contribution in [0.15, 0.2) is 54.6 Å². The molecule has 6 heteroatoms. The van der Waals surface area contributed by atoms with Crippen LogP contribution in [0.3, 0.4) is 0 Å². The monoisotopic (exact) mass is 350 g/mol. The van der Waals surface area contributed by atoms with Crippen molar-refractivity contribution in [3.05, 3.63) is 60.2 Å². The molecule has 26 heavy (non-hydrogen) atoms. The molecule has 0 aliphatic carbocycles. The summed E-state index contributed by atoms with van der Waals surface area (Å²) in [4.78, 5) is 12.1. The number of hydrogen-bond donors (Lipinski definition) is 2. The minimum atomic E-state index is -0.279. The summed E-state index contributed by atoms with van der Waals surface area (Å²) in [5, 5.41) is 7.84. The zero-order valence-electron chi connectivity index (χ0n) is 14.2. The molecule has 132 valence electrons. The summed E-state index contributed by atoms with van der Waals surface area (Å²) in [6.45, 7) is 0.636. The van der Waals surface area contributed by atoms with Crippen LogP contribution in [-0.4, -0.2) is 19.9 Å². The van der Waals surface area contributed by atoms with E-state index in [1.807, 2.05) is 30.3 Å². The molecular formula is C20H18N2O4. The second kappa shape index (κ2) is 6.84. The van der Waals surface area contributed by atoms with Crippen LogP contribution in [0.2, 0.25) is 0 Å². The Hall–Kier alpha value is -3.41. The predicted octanol–water partition coefficient (Wildman–Crippen LogP) is 3.90. The standard InChI is InChI=1S/C20H18N2O4/c1-24-17-6-4-14-8-13(2-3-15(14)9-17)11-21-20(23)22-16-5-7-18-19(10-16)26-12-25-18/h2-10H,11-12H2,1H3,(H2,21,22,23). The van der Waals surface area contributed by atoms with E-state index in [1.165, 1.54) is 0 Å². The zero-order valence-corrected chi connectivity index (χ0v) is 14.2. The van der Waals surface area contributed by atoms with Crippen molar-refractivity contribution >= 4 is 22.5 Å². The van der Waals surface area contributed by atoms with Gasteiger partial charge >= 0.3 is 6.03 Å². The first-order valence-corrected chi connectivity index (χ1v) is 8.22. The van der Waals surface area contributed by atoms with Gasteiger partial charge in [0, 0.05) is 18.3 Å². The Balaban J connectivity index is 1.38. The molecule has 0 bridgehead atoms. The number of carbonyl (C=O) groups excluding carboxylic acids is 1. The second-order valence-electron chi connectivity index (χ2n) is 5.92. The largest absolute Gasteiger partial charge is 0.497 e. The number of amides is 2. The third-order valence-corrected chi connectivity index (χ3v) is 4.20. The number of nitrogens with one attached hydrogen (secondary N) is 2. The van der Waals surface area contributed by atoms with E-state index in [1.54, 1.807) is 25.3 Å². The Morgan fingerprint density at radius 2 is 1.81 bits per heavy atom. The fourth-order valence-corrected chi connectivity index (χ4v) is 2.84. The lowest BCUT2D eigenvalue weighted by molar-refractivity contribution is 0.174. The zero-order chi connectivity index (χ0) is 17.9. The highest BCUT2D eigenvalue weighted by Crippen LogP contribution is 2.34. The SMILES string of the molecule is COc1ccc2cc(CNC(=O)Nc3ccc4c(c3)OCO4)ccc2c1. The number of ether oxygens (including phenoxy) is 3. The Morgan fingerprint density at radius 1 is 1.00 bits per heavy atom. The quantitative estimate of drug-likeness (QED) is 0.749. The molecule has 1 aliphatic rings. The third kappa shape index (κ3) is 3.35. The van der Waals surface area contributed by atoms with Gasteiger partial charge in [-0.25, -0.2) is 4.79 Å². The van der Waals surface area contributed by atoms with Gasteiger partial charge < -0.3 is 24.8 Å². The van der Waals surface area contributed by atoms with E-state index in [0.717, 1.165) is 22.1 Å². The van der Waals surface area contributed by atoms with Gasteiger partial charge in [0.25, 0.3) is 0 Å². The van der Waals surface area contributed by atoms with E-state index in [2.05, 4.69) is 16.7 Å². The molecule has 2 N–H and O–H groups in total. The molecule has 6 nitrogen and oxygen atoms in total. The van der Waals surface area contributed by atoms with Crippen molar-refractivity contribution in [2.75, 3.05) is 19.2 Å². The number of methoxy groups -OCH3 is 1. The van der Waals surface area contributed by atoms with Gasteiger partial charge in [0.2, 0.25) is 6.79 Å². The smallest absolute Gasteiger partial charge is 0.319 e. The minimum absolute atomic E-state index is 0.207. The molecule has 4 rings (SSSR count). The van der Waals surface area contributed by atoms with Crippen molar-refractivity contribution in [1.29, 1.82) is 0 Å². The molecule has 0 fully saturated rings. The van der Waals surface area contributed by atoms with Crippen LogP contribution in [0.25, 0.3) is 10.8 Å². The first kappa shape index (κ1) is 16.1. The molecule has 0 atom stereocenters. The number of urea groups is 1. The number of benzene rings is 3. The third-order valence-electron chi connectivity index (χ3n) is 4.20. The molecule has 1 heterocycles. The van der Waals surface area contributed by atoms with Crippen LogP contribution in [0.1, 0.15) is 5.56 Å². The van der Waals surface area contributed by atoms with E-state index < -0.39 is 0 Å². The van der Waals surface area contributed by atoms with Crippen LogP contribution in [-0.2, 0) is 6.54 Å². The van der Waals surface area contributed by atoms with Gasteiger partial charge in [0.15, 0.2) is 11.5 Å². The van der Waals surface area contributed by atoms with Crippen molar-refractivity contribution < 1.29 is 19.0 Å². The summed E-state index contributed by atoms with van der Waals surface area (Å²) in [6.07, 6.45) is 0. The maximum absolute atomic E-state index is 12.1. The number of fused-ring (bicyclic) bond motifs is 2. The maximum atomic E-state index is 12.1. The van der Waals surface area contributed by atoms with Crippen LogP contribution >= 0.6 is 0 Å². The van der Waals surface area contributed by atoms with Crippen LogP contribution in [0.5, 0.6) is 17.2 Å². The first-order valence-electron chi connectivity index (χ1n) is 8.22. The average molecular weight is 350 g/mol. The highest BCUT2D eigenvalue weighted by Gasteiger charge is 2.14. The molecule has 3 aromatic carbocycles. The highest BCUT2D eigenvalue weighted by molar-refractivity contribution is 5.90. The van der Waals surface area contributed by atoms with Crippen molar-refractivity contribution in [3.63, 3.8) is 0 Å². The molecule has 0 saturated carbocycles. The van der Waals surface area contributed by atoms with Crippen molar-refractivity contribution in [1.82, 2.24) is 5.32 Å². The summed E-state index contributed by atoms with van der Waals surface area (Å²) in [5.74, 6) is 2.14. The summed E-state index contributed by atoms with van der Waals surface area (Å²) < 4.78 is 15.8. The van der Waals surface area contributed by atoms with Gasteiger partial charge in [-0.05, 0) is 46.7 Å². The van der Waals surface area contributed by atoms with Crippen molar-refractivity contribution in [3.8, 4) is 17.2 Å². The molecule has 2 amide bonds. The van der Waals surface area contributed by atoms with Gasteiger partial charge in [0.1, 0.15) is 5.75 Å². The molecule has 1 aliphatic heterocycles.